The molecule has 30 heteroatoms. The molecular weight excluding hydrogens is 1550 g/mol. The van der Waals surface area contributed by atoms with Crippen LogP contribution in [-0.4, -0.2) is 113 Å². The van der Waals surface area contributed by atoms with Crippen LogP contribution in [0.4, 0.5) is 43.3 Å². The number of aryl methyl sites for hydroxylation is 1. The van der Waals surface area contributed by atoms with Crippen LogP contribution in [0.1, 0.15) is 22.4 Å². The van der Waals surface area contributed by atoms with Gasteiger partial charge in [0.1, 0.15) is 110 Å². The third-order valence-electron chi connectivity index (χ3n) is 20.1. The number of nitrogens with one attached hydrogen (secondary N) is 6. The number of pyridine rings is 3. The van der Waals surface area contributed by atoms with Crippen molar-refractivity contribution < 1.29 is 46.8 Å². The summed E-state index contributed by atoms with van der Waals surface area (Å²) < 4.78 is 63.4. The number of amides is 3. The van der Waals surface area contributed by atoms with Gasteiger partial charge in [0.05, 0.1) is 39.6 Å². The molecule has 121 heavy (non-hydrogen) atoms. The third kappa shape index (κ3) is 16.1. The summed E-state index contributed by atoms with van der Waals surface area (Å²) in [5, 5.41) is 23.0. The highest BCUT2D eigenvalue weighted by Crippen LogP contribution is 2.47. The smallest absolute Gasteiger partial charge is 0.264 e. The van der Waals surface area contributed by atoms with Gasteiger partial charge in [-0.05, 0) is 197 Å². The minimum absolute atomic E-state index is 0.00147. The molecule has 8 heterocycles. The van der Waals surface area contributed by atoms with Crippen LogP contribution in [0.25, 0.3) is 83.2 Å². The zero-order valence-corrected chi connectivity index (χ0v) is 65.5. The lowest BCUT2D eigenvalue weighted by atomic mass is 9.86. The Hall–Kier alpha value is -16.0. The van der Waals surface area contributed by atoms with Crippen molar-refractivity contribution in [2.45, 2.75) is 26.1 Å². The van der Waals surface area contributed by atoms with Crippen molar-refractivity contribution in [3.8, 4) is 96.7 Å². The predicted octanol–water partition coefficient (Wildman–Crippen LogP) is 14.7. The molecule has 0 saturated carbocycles. The average Bonchev–Trinajstić information content (AvgIpc) is 1.44. The Balaban J connectivity index is 0.000000135. The average molecular weight is 1620 g/mol. The fourth-order valence-corrected chi connectivity index (χ4v) is 14.5. The zero-order chi connectivity index (χ0) is 84.3. The van der Waals surface area contributed by atoms with Gasteiger partial charge >= 0.3 is 0 Å². The van der Waals surface area contributed by atoms with Gasteiger partial charge in [-0.15, -0.1) is 0 Å². The highest BCUT2D eigenvalue weighted by molar-refractivity contribution is 6.08. The Bertz CT molecular complexity index is 6820. The molecule has 1 aliphatic carbocycles. The summed E-state index contributed by atoms with van der Waals surface area (Å²) in [5.74, 6) is 2.42. The molecule has 3 aliphatic rings. The predicted molar refractivity (Wildman–Crippen MR) is 462 cm³/mol. The van der Waals surface area contributed by atoms with E-state index >= 15 is 0 Å². The molecule has 0 radical (unpaired) electrons. The largest absolute Gasteiger partial charge is 0.473 e. The highest BCUT2D eigenvalue weighted by Gasteiger charge is 2.33. The number of anilines is 6. The Labute approximate surface area is 688 Å². The van der Waals surface area contributed by atoms with E-state index in [1.54, 1.807) is 77.5 Å². The number of hydrogen-bond donors (Lipinski definition) is 9. The second-order valence-corrected chi connectivity index (χ2v) is 28.7. The Kier molecular flexibility index (Phi) is 22.0. The normalized spacial score (nSPS) is 12.2. The fourth-order valence-electron chi connectivity index (χ4n) is 14.5. The number of benzene rings is 9. The number of nitrogens with two attached hydrogens (primary N) is 3. The summed E-state index contributed by atoms with van der Waals surface area (Å²) in [6, 6.07) is 61.2. The number of aromatic nitrogens is 9. The monoisotopic (exact) mass is 1620 g/mol. The maximum atomic E-state index is 15.0. The molecule has 12 N–H and O–H groups in total. The quantitative estimate of drug-likeness (QED) is 0.0340. The van der Waals surface area contributed by atoms with Crippen LogP contribution >= 0.6 is 0 Å². The third-order valence-corrected chi connectivity index (χ3v) is 20.1. The SMILES string of the molecule is C=CC(=O)Nc1c(F)ccc2c1COc1[nH]c(=O)c3c(N)n(-c4ccc(Oc5ccccc5)cc4)nc3c1-2.CN(C)C/C=C/C(=O)Nc1c(F)ccc2c1COc1[nH]c(=O)c3c(N)n(-c4ccc(Oc5ccccc5)cc4)nc3c1-2.CN(C)C/C=C/C(=O)Nc1cccc2c1CCc1[nH]c(=O)c3c(N)n(-c4ccc(Oc5ccccc5)cc4)nc3c1-2. The number of hydrogen-bond acceptors (Lipinski definition) is 19. The van der Waals surface area contributed by atoms with Crippen molar-refractivity contribution in [3.05, 3.63) is 308 Å². The highest BCUT2D eigenvalue weighted by atomic mass is 19.1. The van der Waals surface area contributed by atoms with Gasteiger partial charge in [0.25, 0.3) is 16.7 Å². The van der Waals surface area contributed by atoms with Crippen LogP contribution in [0.15, 0.2) is 258 Å². The van der Waals surface area contributed by atoms with Crippen LogP contribution in [0, 0.1) is 11.6 Å². The molecule has 9 aromatic carbocycles. The van der Waals surface area contributed by atoms with Crippen LogP contribution in [-0.2, 0) is 40.4 Å². The fraction of sp³-hybridized carbons (Fsp3) is 0.110. The number of carbonyl (C=O) groups excluding carboxylic acids is 3. The van der Waals surface area contributed by atoms with E-state index in [2.05, 4.69) is 42.6 Å². The number of nitrogens with zero attached hydrogens (tertiary/aromatic N) is 8. The Morgan fingerprint density at radius 2 is 0.810 bits per heavy atom. The minimum atomic E-state index is -0.630. The van der Waals surface area contributed by atoms with E-state index in [0.717, 1.165) is 39.9 Å². The first kappa shape index (κ1) is 78.9. The van der Waals surface area contributed by atoms with Gasteiger partial charge in [-0.25, -0.2) is 22.8 Å². The summed E-state index contributed by atoms with van der Waals surface area (Å²) in [5.41, 5.74) is 28.2. The number of H-pyrrole nitrogens is 3. The number of rotatable bonds is 19. The Morgan fingerprint density at radius 1 is 0.446 bits per heavy atom. The number of aromatic amines is 3. The lowest BCUT2D eigenvalue weighted by Crippen LogP contribution is -2.18. The summed E-state index contributed by atoms with van der Waals surface area (Å²) in [7, 11) is 7.64. The number of para-hydroxylation sites is 3. The molecule has 2 aliphatic heterocycles. The second-order valence-electron chi connectivity index (χ2n) is 28.7. The maximum absolute atomic E-state index is 15.0. The number of halogens is 2. The van der Waals surface area contributed by atoms with Gasteiger partial charge in [0.2, 0.25) is 29.5 Å². The first-order chi connectivity index (χ1) is 58.6. The molecule has 606 valence electrons. The number of likely N-dealkylation sites (N-methyl/N-ethyl adjacent to an activating group) is 2. The summed E-state index contributed by atoms with van der Waals surface area (Å²) in [6.45, 7) is 4.49. The lowest BCUT2D eigenvalue weighted by Gasteiger charge is -2.23. The topological polar surface area (TPSA) is 370 Å². The van der Waals surface area contributed by atoms with Crippen molar-refractivity contribution in [2.75, 3.05) is 74.4 Å². The molecule has 0 fully saturated rings. The van der Waals surface area contributed by atoms with Gasteiger partial charge in [-0.2, -0.15) is 15.3 Å². The molecule has 0 bridgehead atoms. The molecule has 0 spiro atoms. The van der Waals surface area contributed by atoms with Gasteiger partial charge in [0, 0.05) is 53.3 Å². The van der Waals surface area contributed by atoms with Crippen molar-refractivity contribution in [3.63, 3.8) is 0 Å². The number of ether oxygens (including phenoxy) is 5. The van der Waals surface area contributed by atoms with Crippen LogP contribution in [0.2, 0.25) is 0 Å². The summed E-state index contributed by atoms with van der Waals surface area (Å²) in [6.07, 6.45) is 8.72. The first-order valence-corrected chi connectivity index (χ1v) is 38.1. The standard InChI is InChI=1S/C32H30N6O3.C31H27FN6O4.C28H20FN5O4/c1-37(2)19-7-12-27(39)34-25-11-6-10-24-23(25)17-18-26-28(24)30-29(32(40)35-26)31(33)38(36-30)20-13-15-22(16-14-20)41-21-8-4-3-5-9-21;1-37(2)16-6-9-24(39)34-27-22-17-41-31-25(21(22)14-15-23(27)32)28-26(30(40)35-31)29(33)38(36-28)18-10-12-20(13-11-18)42-19-7-4-3-5-8-19;1-2-21(35)31-24-19-14-37-28-22(18(19)12-13-20(24)29)25-23(27(36)32-28)26(30)34(33-25)15-8-10-17(11-9-15)38-16-6-4-3-5-7-16/h3-16H,17-19,33H2,1-2H3,(H,34,39)(H,35,40);3-15H,16-17,33H2,1-2H3,(H,34,39)(H,35,40);2-13H,1,14,30H2,(H,31,35)(H,32,36)/b12-7+;9-6+;. The van der Waals surface area contributed by atoms with Crippen molar-refractivity contribution in [2.24, 2.45) is 0 Å². The van der Waals surface area contributed by atoms with E-state index in [4.69, 9.17) is 51.1 Å². The van der Waals surface area contributed by atoms with Crippen LogP contribution in [0.3, 0.4) is 0 Å². The lowest BCUT2D eigenvalue weighted by molar-refractivity contribution is -0.112. The van der Waals surface area contributed by atoms with E-state index in [-0.39, 0.29) is 87.1 Å². The van der Waals surface area contributed by atoms with E-state index in [1.807, 2.05) is 178 Å². The van der Waals surface area contributed by atoms with E-state index in [9.17, 15) is 37.5 Å². The molecule has 18 rings (SSSR count). The van der Waals surface area contributed by atoms with E-state index in [1.165, 1.54) is 27.6 Å². The first-order valence-electron chi connectivity index (χ1n) is 38.1. The van der Waals surface area contributed by atoms with Gasteiger partial charge in [0.15, 0.2) is 0 Å². The van der Waals surface area contributed by atoms with Gasteiger partial charge in [-0.1, -0.05) is 97.6 Å². The van der Waals surface area contributed by atoms with Crippen LogP contribution in [0.5, 0.6) is 46.3 Å². The summed E-state index contributed by atoms with van der Waals surface area (Å²) >= 11 is 0. The molecule has 3 amide bonds. The molecule has 0 saturated heterocycles. The maximum Gasteiger partial charge on any atom is 0.264 e. The zero-order valence-electron chi connectivity index (χ0n) is 65.5. The number of carbonyl (C=O) groups is 3. The van der Waals surface area contributed by atoms with Crippen molar-refractivity contribution in [1.29, 1.82) is 0 Å². The summed E-state index contributed by atoms with van der Waals surface area (Å²) in [4.78, 5) is 88.7. The molecule has 28 nitrogen and oxygen atoms in total. The number of fused-ring (bicyclic) bond motifs is 15. The van der Waals surface area contributed by atoms with E-state index < -0.39 is 34.6 Å². The second kappa shape index (κ2) is 33.7. The molecule has 0 unspecified atom stereocenters. The van der Waals surface area contributed by atoms with Crippen LogP contribution < -0.4 is 73.5 Å². The van der Waals surface area contributed by atoms with Gasteiger partial charge in [-0.3, -0.25) is 38.7 Å². The Morgan fingerprint density at radius 3 is 1.21 bits per heavy atom. The van der Waals surface area contributed by atoms with E-state index in [0.29, 0.717) is 116 Å². The minimum Gasteiger partial charge on any atom is -0.473 e. The molecule has 6 aromatic heterocycles. The molecule has 0 atom stereocenters. The molecular formula is C91H77F2N17O11. The van der Waals surface area contributed by atoms with Crippen molar-refractivity contribution in [1.82, 2.24) is 54.1 Å². The van der Waals surface area contributed by atoms with Gasteiger partial charge < -0.3 is 71.6 Å². The van der Waals surface area contributed by atoms with Crippen molar-refractivity contribution >= 4 is 84.9 Å². The number of nitrogen functional groups attached to an aromatic ring is 3. The molecule has 15 aromatic rings.